The fourth-order valence-electron chi connectivity index (χ4n) is 3.55. The first-order chi connectivity index (χ1) is 5.75. The lowest BCUT2D eigenvalue weighted by Crippen LogP contribution is -2.48. The van der Waals surface area contributed by atoms with Crippen LogP contribution in [0.2, 0.25) is 0 Å². The van der Waals surface area contributed by atoms with Crippen molar-refractivity contribution in [1.82, 2.24) is 4.90 Å². The Balaban J connectivity index is 1.99. The summed E-state index contributed by atoms with van der Waals surface area (Å²) in [6.45, 7) is 2.37. The fourth-order valence-corrected chi connectivity index (χ4v) is 3.55. The van der Waals surface area contributed by atoms with Crippen LogP contribution in [0.25, 0.3) is 0 Å². The van der Waals surface area contributed by atoms with Crippen molar-refractivity contribution in [2.75, 3.05) is 7.05 Å². The van der Waals surface area contributed by atoms with Crippen molar-refractivity contribution in [2.45, 2.75) is 32.2 Å². The van der Waals surface area contributed by atoms with E-state index in [0.29, 0.717) is 0 Å². The quantitative estimate of drug-likeness (QED) is 0.529. The minimum atomic E-state index is 0.832. The highest BCUT2D eigenvalue weighted by Crippen LogP contribution is 2.52. The molecule has 2 bridgehead atoms. The summed E-state index contributed by atoms with van der Waals surface area (Å²) in [6.07, 6.45) is 6.93. The molecule has 0 radical (unpaired) electrons. The lowest BCUT2D eigenvalue weighted by atomic mass is 9.85. The Bertz CT molecular complexity index is 243. The van der Waals surface area contributed by atoms with Crippen molar-refractivity contribution >= 4 is 0 Å². The van der Waals surface area contributed by atoms with E-state index in [1.165, 1.54) is 19.3 Å². The number of fused-ring (bicyclic) bond motifs is 1. The summed E-state index contributed by atoms with van der Waals surface area (Å²) in [6, 6.07) is 0.925. The van der Waals surface area contributed by atoms with Crippen molar-refractivity contribution in [1.29, 1.82) is 0 Å². The van der Waals surface area contributed by atoms with E-state index >= 15 is 0 Å². The summed E-state index contributed by atoms with van der Waals surface area (Å²) < 4.78 is 0. The average molecular weight is 163 g/mol. The zero-order valence-electron chi connectivity index (χ0n) is 7.96. The second-order valence-corrected chi connectivity index (χ2v) is 4.93. The Morgan fingerprint density at radius 2 is 2.17 bits per heavy atom. The van der Waals surface area contributed by atoms with E-state index in [-0.39, 0.29) is 0 Å². The summed E-state index contributed by atoms with van der Waals surface area (Å²) in [4.78, 5) is 2.51. The normalized spacial score (nSPS) is 49.8. The van der Waals surface area contributed by atoms with Crippen LogP contribution in [-0.4, -0.2) is 18.0 Å². The van der Waals surface area contributed by atoms with Crippen molar-refractivity contribution in [3.8, 4) is 0 Å². The first-order valence-electron chi connectivity index (χ1n) is 5.20. The number of hydrogen-bond acceptors (Lipinski definition) is 1. The monoisotopic (exact) mass is 163 g/mol. The van der Waals surface area contributed by atoms with Gasteiger partial charge in [-0.1, -0.05) is 13.0 Å². The number of hydrogen-bond donors (Lipinski definition) is 0. The Kier molecular flexibility index (Phi) is 1.20. The third-order valence-electron chi connectivity index (χ3n) is 4.07. The van der Waals surface area contributed by atoms with E-state index in [4.69, 9.17) is 0 Å². The van der Waals surface area contributed by atoms with Crippen LogP contribution in [0.4, 0.5) is 0 Å². The molecule has 0 spiro atoms. The summed E-state index contributed by atoms with van der Waals surface area (Å²) in [5.41, 5.74) is 1.66. The highest BCUT2D eigenvalue weighted by Gasteiger charge is 2.49. The van der Waals surface area contributed by atoms with Gasteiger partial charge in [0.05, 0.1) is 0 Å². The van der Waals surface area contributed by atoms with E-state index in [2.05, 4.69) is 24.9 Å². The highest BCUT2D eigenvalue weighted by atomic mass is 15.2. The lowest BCUT2D eigenvalue weighted by Gasteiger charge is -2.47. The van der Waals surface area contributed by atoms with Crippen LogP contribution >= 0.6 is 0 Å². The molecular formula is C11H17N. The molecular weight excluding hydrogens is 146 g/mol. The summed E-state index contributed by atoms with van der Waals surface area (Å²) in [5, 5.41) is 0. The van der Waals surface area contributed by atoms with Gasteiger partial charge in [-0.2, -0.15) is 0 Å². The second-order valence-electron chi connectivity index (χ2n) is 4.93. The molecule has 0 amide bonds. The average Bonchev–Trinajstić information content (AvgIpc) is 2.31. The van der Waals surface area contributed by atoms with Gasteiger partial charge < -0.3 is 4.90 Å². The van der Waals surface area contributed by atoms with Crippen LogP contribution in [0.1, 0.15) is 26.2 Å². The van der Waals surface area contributed by atoms with Crippen LogP contribution in [0.15, 0.2) is 11.8 Å². The predicted octanol–water partition coefficient (Wildman–Crippen LogP) is 2.25. The van der Waals surface area contributed by atoms with Crippen LogP contribution in [0, 0.1) is 17.8 Å². The molecule has 1 heteroatoms. The van der Waals surface area contributed by atoms with Crippen molar-refractivity contribution in [2.24, 2.45) is 17.8 Å². The molecule has 0 aromatic heterocycles. The first kappa shape index (κ1) is 6.99. The minimum Gasteiger partial charge on any atom is -0.374 e. The zero-order valence-corrected chi connectivity index (χ0v) is 7.96. The minimum absolute atomic E-state index is 0.832. The van der Waals surface area contributed by atoms with Crippen LogP contribution in [-0.2, 0) is 0 Å². The largest absolute Gasteiger partial charge is 0.374 e. The Labute approximate surface area is 74.4 Å². The van der Waals surface area contributed by atoms with E-state index in [0.717, 1.165) is 23.8 Å². The molecule has 2 aliphatic carbocycles. The molecule has 2 fully saturated rings. The van der Waals surface area contributed by atoms with Gasteiger partial charge in [0.1, 0.15) is 0 Å². The first-order valence-corrected chi connectivity index (χ1v) is 5.20. The molecule has 66 valence electrons. The molecule has 3 aliphatic rings. The Hall–Kier alpha value is -0.460. The topological polar surface area (TPSA) is 3.24 Å². The van der Waals surface area contributed by atoms with Crippen LogP contribution in [0.3, 0.4) is 0 Å². The van der Waals surface area contributed by atoms with Crippen molar-refractivity contribution in [3.63, 3.8) is 0 Å². The van der Waals surface area contributed by atoms with E-state index in [9.17, 15) is 0 Å². The molecule has 0 N–H and O–H groups in total. The van der Waals surface area contributed by atoms with Crippen molar-refractivity contribution in [3.05, 3.63) is 11.8 Å². The summed E-state index contributed by atoms with van der Waals surface area (Å²) in [5.74, 6) is 2.83. The van der Waals surface area contributed by atoms with Gasteiger partial charge in [-0.25, -0.2) is 0 Å². The van der Waals surface area contributed by atoms with Crippen LogP contribution in [0.5, 0.6) is 0 Å². The maximum Gasteiger partial charge on any atom is 0.0369 e. The molecule has 1 saturated carbocycles. The predicted molar refractivity (Wildman–Crippen MR) is 49.6 cm³/mol. The third-order valence-corrected chi connectivity index (χ3v) is 4.07. The fraction of sp³-hybridized carbons (Fsp3) is 0.818. The van der Waals surface area contributed by atoms with Gasteiger partial charge in [0, 0.05) is 24.7 Å². The van der Waals surface area contributed by atoms with E-state index in [1.54, 1.807) is 5.70 Å². The van der Waals surface area contributed by atoms with Gasteiger partial charge in [-0.15, -0.1) is 0 Å². The highest BCUT2D eigenvalue weighted by molar-refractivity contribution is 5.25. The second kappa shape index (κ2) is 2.07. The molecule has 3 rings (SSSR count). The van der Waals surface area contributed by atoms with E-state index in [1.807, 2.05) is 0 Å². The molecule has 1 heterocycles. The third kappa shape index (κ3) is 0.699. The number of nitrogens with zero attached hydrogens (tertiary/aromatic N) is 1. The van der Waals surface area contributed by atoms with Gasteiger partial charge in [0.25, 0.3) is 0 Å². The Morgan fingerprint density at radius 3 is 3.00 bits per heavy atom. The number of rotatable bonds is 0. The molecule has 12 heavy (non-hydrogen) atoms. The molecule has 4 unspecified atom stereocenters. The zero-order chi connectivity index (χ0) is 8.29. The number of allylic oxidation sites excluding steroid dienone is 1. The van der Waals surface area contributed by atoms with Gasteiger partial charge in [-0.05, 0) is 31.1 Å². The van der Waals surface area contributed by atoms with Gasteiger partial charge in [0.2, 0.25) is 0 Å². The molecule has 1 aliphatic heterocycles. The van der Waals surface area contributed by atoms with Crippen molar-refractivity contribution < 1.29 is 0 Å². The molecule has 4 atom stereocenters. The maximum absolute atomic E-state index is 2.51. The van der Waals surface area contributed by atoms with Gasteiger partial charge in [-0.3, -0.25) is 0 Å². The molecule has 1 nitrogen and oxygen atoms in total. The van der Waals surface area contributed by atoms with E-state index < -0.39 is 0 Å². The molecule has 0 aromatic carbocycles. The lowest BCUT2D eigenvalue weighted by molar-refractivity contribution is 0.136. The maximum atomic E-state index is 2.51. The standard InChI is InChI=1S/C11H17N/c1-7-3-8-5-9-10(4-7)12(2)11(9)6-8/h4,7-9,11H,3,5-6H2,1-2H3. The summed E-state index contributed by atoms with van der Waals surface area (Å²) in [7, 11) is 2.27. The van der Waals surface area contributed by atoms with Crippen LogP contribution < -0.4 is 0 Å². The molecule has 0 aromatic rings. The number of likely N-dealkylation sites (tertiary alicyclic amines) is 1. The SMILES string of the molecule is CC1C=C2C3CC(C1)CC3N2C. The van der Waals surface area contributed by atoms with Gasteiger partial charge >= 0.3 is 0 Å². The molecule has 1 saturated heterocycles. The Morgan fingerprint density at radius 1 is 1.33 bits per heavy atom. The summed E-state index contributed by atoms with van der Waals surface area (Å²) >= 11 is 0. The smallest absolute Gasteiger partial charge is 0.0369 e. The van der Waals surface area contributed by atoms with Gasteiger partial charge in [0.15, 0.2) is 0 Å².